The summed E-state index contributed by atoms with van der Waals surface area (Å²) in [6.45, 7) is 4.95. The number of sulfone groups is 1. The van der Waals surface area contributed by atoms with E-state index in [-0.39, 0.29) is 11.5 Å². The third-order valence-corrected chi connectivity index (χ3v) is 6.88. The molecule has 0 aliphatic carbocycles. The molecule has 0 saturated carbocycles. The van der Waals surface area contributed by atoms with Crippen LogP contribution in [0.1, 0.15) is 25.3 Å². The highest BCUT2D eigenvalue weighted by Gasteiger charge is 2.13. The Morgan fingerprint density at radius 2 is 1.87 bits per heavy atom. The van der Waals surface area contributed by atoms with E-state index in [1.165, 1.54) is 23.2 Å². The number of carbonyl (C=O) groups is 1. The summed E-state index contributed by atoms with van der Waals surface area (Å²) in [5, 5.41) is 0. The maximum absolute atomic E-state index is 12.5. The molecule has 3 rings (SSSR count). The first kappa shape index (κ1) is 23.2. The summed E-state index contributed by atoms with van der Waals surface area (Å²) < 4.78 is 37.1. The number of hydrogen-bond acceptors (Lipinski definition) is 6. The highest BCUT2D eigenvalue weighted by atomic mass is 32.2. The smallest absolute Gasteiger partial charge is 0.286 e. The number of ether oxygens (including phenoxy) is 2. The minimum absolute atomic E-state index is 0.186. The number of fused-ring (bicyclic) bond motifs is 1. The van der Waals surface area contributed by atoms with Gasteiger partial charge in [0.05, 0.1) is 21.7 Å². The van der Waals surface area contributed by atoms with Gasteiger partial charge in [0, 0.05) is 19.9 Å². The molecule has 2 aromatic carbocycles. The van der Waals surface area contributed by atoms with Crippen LogP contribution in [0.4, 0.5) is 0 Å². The van der Waals surface area contributed by atoms with Crippen molar-refractivity contribution in [1.29, 1.82) is 0 Å². The third-order valence-electron chi connectivity index (χ3n) is 4.73. The van der Waals surface area contributed by atoms with Crippen LogP contribution in [0.2, 0.25) is 0 Å². The molecule has 0 aliphatic heterocycles. The molecule has 1 heterocycles. The maximum Gasteiger partial charge on any atom is 0.286 e. The van der Waals surface area contributed by atoms with Crippen molar-refractivity contribution >= 4 is 37.3 Å². The number of amides is 1. The Kier molecular flexibility index (Phi) is 7.30. The van der Waals surface area contributed by atoms with Crippen LogP contribution in [0.25, 0.3) is 10.2 Å². The molecule has 0 unspecified atom stereocenters. The molecule has 0 fully saturated rings. The minimum atomic E-state index is -3.33. The van der Waals surface area contributed by atoms with Gasteiger partial charge in [-0.15, -0.1) is 0 Å². The zero-order valence-electron chi connectivity index (χ0n) is 18.0. The molecule has 0 bridgehead atoms. The van der Waals surface area contributed by atoms with E-state index in [1.54, 1.807) is 25.3 Å². The molecule has 0 atom stereocenters. The van der Waals surface area contributed by atoms with Crippen molar-refractivity contribution in [3.05, 3.63) is 52.8 Å². The zero-order chi connectivity index (χ0) is 22.6. The van der Waals surface area contributed by atoms with E-state index in [1.807, 2.05) is 28.8 Å². The number of thiazole rings is 1. The van der Waals surface area contributed by atoms with Crippen LogP contribution in [-0.4, -0.2) is 45.5 Å². The lowest BCUT2D eigenvalue weighted by atomic mass is 10.0. The Bertz CT molecular complexity index is 1240. The summed E-state index contributed by atoms with van der Waals surface area (Å²) in [4.78, 5) is 17.4. The van der Waals surface area contributed by atoms with Crippen molar-refractivity contribution in [3.63, 3.8) is 0 Å². The number of hydrogen-bond donors (Lipinski definition) is 0. The van der Waals surface area contributed by atoms with E-state index >= 15 is 0 Å². The Morgan fingerprint density at radius 3 is 2.48 bits per heavy atom. The van der Waals surface area contributed by atoms with Gasteiger partial charge in [0.2, 0.25) is 0 Å². The minimum Gasteiger partial charge on any atom is -0.484 e. The van der Waals surface area contributed by atoms with E-state index < -0.39 is 15.7 Å². The van der Waals surface area contributed by atoms with Gasteiger partial charge < -0.3 is 14.0 Å². The maximum atomic E-state index is 12.5. The number of methoxy groups -OCH3 is 1. The summed E-state index contributed by atoms with van der Waals surface area (Å²) in [6, 6.07) is 12.5. The summed E-state index contributed by atoms with van der Waals surface area (Å²) in [5.74, 6) is 0.604. The molecule has 3 aromatic rings. The van der Waals surface area contributed by atoms with Gasteiger partial charge in [-0.3, -0.25) is 4.79 Å². The molecule has 31 heavy (non-hydrogen) atoms. The molecule has 166 valence electrons. The van der Waals surface area contributed by atoms with Crippen LogP contribution in [0, 0.1) is 0 Å². The van der Waals surface area contributed by atoms with Gasteiger partial charge in [0.1, 0.15) is 5.75 Å². The molecule has 9 heteroatoms. The van der Waals surface area contributed by atoms with Crippen molar-refractivity contribution in [3.8, 4) is 5.75 Å². The quantitative estimate of drug-likeness (QED) is 0.512. The summed E-state index contributed by atoms with van der Waals surface area (Å²) in [5.41, 5.74) is 1.99. The van der Waals surface area contributed by atoms with E-state index in [9.17, 15) is 13.2 Å². The van der Waals surface area contributed by atoms with Gasteiger partial charge in [0.15, 0.2) is 21.2 Å². The normalized spacial score (nSPS) is 12.6. The third kappa shape index (κ3) is 5.81. The van der Waals surface area contributed by atoms with Gasteiger partial charge in [-0.2, -0.15) is 4.99 Å². The second-order valence-corrected chi connectivity index (χ2v) is 10.5. The molecular weight excluding hydrogens is 436 g/mol. The molecule has 1 aromatic heterocycles. The summed E-state index contributed by atoms with van der Waals surface area (Å²) in [6.07, 6.45) is 1.17. The first-order valence-electron chi connectivity index (χ1n) is 9.81. The second-order valence-electron chi connectivity index (χ2n) is 7.45. The standard InChI is InChI=1S/C22H26N2O5S2/c1-15(2)16-5-7-17(8-6-16)29-14-21(25)23-22-24(11-12-28-3)19-10-9-18(31(4,26)27)13-20(19)30-22/h5-10,13,15H,11-12,14H2,1-4H3. The second kappa shape index (κ2) is 9.76. The van der Waals surface area contributed by atoms with Crippen LogP contribution in [0.3, 0.4) is 0 Å². The molecule has 0 aliphatic rings. The zero-order valence-corrected chi connectivity index (χ0v) is 19.6. The van der Waals surface area contributed by atoms with E-state index in [4.69, 9.17) is 9.47 Å². The van der Waals surface area contributed by atoms with E-state index in [2.05, 4.69) is 18.8 Å². The van der Waals surface area contributed by atoms with Crippen molar-refractivity contribution in [2.24, 2.45) is 4.99 Å². The number of aromatic nitrogens is 1. The number of nitrogens with zero attached hydrogens (tertiary/aromatic N) is 2. The fourth-order valence-electron chi connectivity index (χ4n) is 3.00. The topological polar surface area (TPSA) is 87.0 Å². The fraction of sp³-hybridized carbons (Fsp3) is 0.364. The number of rotatable bonds is 8. The Morgan fingerprint density at radius 1 is 1.16 bits per heavy atom. The SMILES string of the molecule is COCCn1c(=NC(=O)COc2ccc(C(C)C)cc2)sc2cc(S(C)(=O)=O)ccc21. The number of benzene rings is 2. The van der Waals surface area contributed by atoms with Crippen LogP contribution >= 0.6 is 11.3 Å². The van der Waals surface area contributed by atoms with Crippen molar-refractivity contribution in [2.75, 3.05) is 26.6 Å². The van der Waals surface area contributed by atoms with Gasteiger partial charge >= 0.3 is 0 Å². The lowest BCUT2D eigenvalue weighted by Gasteiger charge is -2.07. The van der Waals surface area contributed by atoms with Crippen LogP contribution in [-0.2, 0) is 25.9 Å². The highest BCUT2D eigenvalue weighted by molar-refractivity contribution is 7.90. The Hall–Kier alpha value is -2.49. The van der Waals surface area contributed by atoms with Gasteiger partial charge in [-0.05, 0) is 41.8 Å². The molecule has 0 radical (unpaired) electrons. The van der Waals surface area contributed by atoms with Crippen molar-refractivity contribution in [1.82, 2.24) is 4.57 Å². The molecule has 1 amide bonds. The van der Waals surface area contributed by atoms with Gasteiger partial charge in [-0.25, -0.2) is 8.42 Å². The summed E-state index contributed by atoms with van der Waals surface area (Å²) in [7, 11) is -1.74. The largest absolute Gasteiger partial charge is 0.484 e. The Balaban J connectivity index is 1.87. The van der Waals surface area contributed by atoms with Crippen LogP contribution in [0.5, 0.6) is 5.75 Å². The van der Waals surface area contributed by atoms with Crippen LogP contribution < -0.4 is 9.54 Å². The predicted molar refractivity (Wildman–Crippen MR) is 121 cm³/mol. The van der Waals surface area contributed by atoms with Gasteiger partial charge in [-0.1, -0.05) is 37.3 Å². The first-order chi connectivity index (χ1) is 14.7. The highest BCUT2D eigenvalue weighted by Crippen LogP contribution is 2.22. The van der Waals surface area contributed by atoms with Crippen molar-refractivity contribution in [2.45, 2.75) is 31.2 Å². The first-order valence-corrected chi connectivity index (χ1v) is 12.5. The summed E-state index contributed by atoms with van der Waals surface area (Å²) >= 11 is 1.26. The molecule has 7 nitrogen and oxygen atoms in total. The lowest BCUT2D eigenvalue weighted by Crippen LogP contribution is -2.21. The average molecular weight is 463 g/mol. The van der Waals surface area contributed by atoms with Gasteiger partial charge in [0.25, 0.3) is 5.91 Å². The lowest BCUT2D eigenvalue weighted by molar-refractivity contribution is -0.120. The molecule has 0 spiro atoms. The molecular formula is C22H26N2O5S2. The fourth-order valence-corrected chi connectivity index (χ4v) is 4.84. The number of carbonyl (C=O) groups excluding carboxylic acids is 1. The monoisotopic (exact) mass is 462 g/mol. The van der Waals surface area contributed by atoms with E-state index in [0.717, 1.165) is 10.2 Å². The Labute approximate surface area is 185 Å². The average Bonchev–Trinajstić information content (AvgIpc) is 3.06. The molecule has 0 saturated heterocycles. The van der Waals surface area contributed by atoms with Crippen LogP contribution in [0.15, 0.2) is 52.4 Å². The predicted octanol–water partition coefficient (Wildman–Crippen LogP) is 3.38. The van der Waals surface area contributed by atoms with E-state index in [0.29, 0.717) is 29.6 Å². The van der Waals surface area contributed by atoms with Crippen molar-refractivity contribution < 1.29 is 22.7 Å². The molecule has 0 N–H and O–H groups in total.